The van der Waals surface area contributed by atoms with Crippen LogP contribution < -0.4 is 0 Å². The molecule has 2 aromatic rings. The van der Waals surface area contributed by atoms with Crippen LogP contribution in [-0.4, -0.2) is 16.1 Å². The summed E-state index contributed by atoms with van der Waals surface area (Å²) in [5, 5.41) is 9.26. The van der Waals surface area contributed by atoms with Crippen molar-refractivity contribution in [1.82, 2.24) is 4.98 Å². The molecule has 1 N–H and O–H groups in total. The molecule has 25 heavy (non-hydrogen) atoms. The molecule has 0 radical (unpaired) electrons. The molecule has 7 heteroatoms. The first-order valence-electron chi connectivity index (χ1n) is 7.61. The van der Waals surface area contributed by atoms with Crippen LogP contribution in [0.15, 0.2) is 24.3 Å². The second kappa shape index (κ2) is 6.82. The summed E-state index contributed by atoms with van der Waals surface area (Å²) in [6.07, 6.45) is -4.80. The van der Waals surface area contributed by atoms with E-state index in [1.54, 1.807) is 13.8 Å². The maximum absolute atomic E-state index is 13.8. The Morgan fingerprint density at radius 2 is 1.88 bits per heavy atom. The molecule has 0 spiro atoms. The minimum Gasteiger partial charge on any atom is -0.478 e. The molecule has 1 heterocycles. The molecular weight excluding hydrogens is 338 g/mol. The predicted molar refractivity (Wildman–Crippen MR) is 84.9 cm³/mol. The van der Waals surface area contributed by atoms with Gasteiger partial charge in [0.05, 0.1) is 11.3 Å². The third-order valence-corrected chi connectivity index (χ3v) is 3.68. The fraction of sp³-hybridized carbons (Fsp3) is 0.333. The lowest BCUT2D eigenvalue weighted by Gasteiger charge is -2.17. The molecule has 2 rings (SSSR count). The Hall–Kier alpha value is -2.44. The number of pyridine rings is 1. The van der Waals surface area contributed by atoms with Crippen molar-refractivity contribution in [1.29, 1.82) is 0 Å². The average molecular weight is 355 g/mol. The van der Waals surface area contributed by atoms with Gasteiger partial charge in [-0.15, -0.1) is 0 Å². The van der Waals surface area contributed by atoms with Gasteiger partial charge < -0.3 is 5.11 Å². The zero-order valence-electron chi connectivity index (χ0n) is 13.9. The third kappa shape index (κ3) is 4.15. The van der Waals surface area contributed by atoms with E-state index in [0.29, 0.717) is 5.56 Å². The van der Waals surface area contributed by atoms with Gasteiger partial charge in [0.25, 0.3) is 0 Å². The van der Waals surface area contributed by atoms with Crippen molar-refractivity contribution in [3.8, 4) is 11.3 Å². The Labute approximate surface area is 142 Å². The van der Waals surface area contributed by atoms with E-state index in [-0.39, 0.29) is 29.2 Å². The SMILES string of the molecule is Cc1ccc(-c2cc(CC(C)C)c(C(=O)O)c(C(F)(F)F)n2)cc1F. The minimum absolute atomic E-state index is 0.0285. The number of benzene rings is 1. The van der Waals surface area contributed by atoms with Crippen LogP contribution >= 0.6 is 0 Å². The second-order valence-corrected chi connectivity index (χ2v) is 6.26. The topological polar surface area (TPSA) is 50.2 Å². The molecular formula is C18H17F4NO2. The van der Waals surface area contributed by atoms with Crippen LogP contribution in [0.3, 0.4) is 0 Å². The van der Waals surface area contributed by atoms with Crippen LogP contribution in [0.5, 0.6) is 0 Å². The largest absolute Gasteiger partial charge is 0.478 e. The molecule has 0 aliphatic carbocycles. The zero-order valence-corrected chi connectivity index (χ0v) is 13.9. The van der Waals surface area contributed by atoms with Gasteiger partial charge in [-0.25, -0.2) is 14.2 Å². The van der Waals surface area contributed by atoms with Gasteiger partial charge in [-0.1, -0.05) is 26.0 Å². The second-order valence-electron chi connectivity index (χ2n) is 6.26. The summed E-state index contributed by atoms with van der Waals surface area (Å²) < 4.78 is 53.9. The number of carboxylic acids is 1. The Morgan fingerprint density at radius 3 is 2.36 bits per heavy atom. The molecule has 0 amide bonds. The highest BCUT2D eigenvalue weighted by Gasteiger charge is 2.39. The number of rotatable bonds is 4. The first-order chi connectivity index (χ1) is 11.5. The van der Waals surface area contributed by atoms with Crippen LogP contribution in [0.1, 0.15) is 41.0 Å². The molecule has 0 saturated heterocycles. The van der Waals surface area contributed by atoms with Crippen molar-refractivity contribution in [3.63, 3.8) is 0 Å². The van der Waals surface area contributed by atoms with Gasteiger partial charge in [0, 0.05) is 5.56 Å². The molecule has 0 fully saturated rings. The number of nitrogens with zero attached hydrogens (tertiary/aromatic N) is 1. The minimum atomic E-state index is -4.93. The summed E-state index contributed by atoms with van der Waals surface area (Å²) in [6.45, 7) is 5.07. The molecule has 0 unspecified atom stereocenters. The average Bonchev–Trinajstić information content (AvgIpc) is 2.47. The van der Waals surface area contributed by atoms with E-state index in [2.05, 4.69) is 4.98 Å². The molecule has 1 aromatic heterocycles. The first kappa shape index (κ1) is 18.9. The Bertz CT molecular complexity index is 813. The van der Waals surface area contributed by atoms with E-state index in [1.165, 1.54) is 25.1 Å². The highest BCUT2D eigenvalue weighted by atomic mass is 19.4. The van der Waals surface area contributed by atoms with Gasteiger partial charge >= 0.3 is 12.1 Å². The Balaban J connectivity index is 2.77. The number of hydrogen-bond donors (Lipinski definition) is 1. The van der Waals surface area contributed by atoms with E-state index in [0.717, 1.165) is 6.07 Å². The number of aromatic carboxylic acids is 1. The number of carbonyl (C=O) groups is 1. The molecule has 134 valence electrons. The van der Waals surface area contributed by atoms with Gasteiger partial charge in [-0.05, 0) is 42.5 Å². The first-order valence-corrected chi connectivity index (χ1v) is 7.61. The van der Waals surface area contributed by atoms with Crippen molar-refractivity contribution in [3.05, 3.63) is 52.5 Å². The lowest BCUT2D eigenvalue weighted by atomic mass is 9.94. The van der Waals surface area contributed by atoms with Gasteiger partial charge in [-0.2, -0.15) is 13.2 Å². The van der Waals surface area contributed by atoms with Gasteiger partial charge in [0.1, 0.15) is 5.82 Å². The monoisotopic (exact) mass is 355 g/mol. The Kier molecular flexibility index (Phi) is 5.15. The smallest absolute Gasteiger partial charge is 0.434 e. The number of alkyl halides is 3. The summed E-state index contributed by atoms with van der Waals surface area (Å²) in [5.41, 5.74) is -1.88. The normalized spacial score (nSPS) is 11.8. The molecule has 0 saturated carbocycles. The summed E-state index contributed by atoms with van der Waals surface area (Å²) in [4.78, 5) is 14.9. The number of carboxylic acid groups (broad SMARTS) is 1. The van der Waals surface area contributed by atoms with E-state index >= 15 is 0 Å². The van der Waals surface area contributed by atoms with Gasteiger partial charge in [-0.3, -0.25) is 0 Å². The quantitative estimate of drug-likeness (QED) is 0.775. The van der Waals surface area contributed by atoms with Gasteiger partial charge in [0.15, 0.2) is 5.69 Å². The van der Waals surface area contributed by atoms with Crippen molar-refractivity contribution < 1.29 is 27.5 Å². The van der Waals surface area contributed by atoms with Crippen LogP contribution in [0.2, 0.25) is 0 Å². The van der Waals surface area contributed by atoms with E-state index in [1.807, 2.05) is 0 Å². The zero-order chi connectivity index (χ0) is 18.9. The van der Waals surface area contributed by atoms with Crippen molar-refractivity contribution in [2.75, 3.05) is 0 Å². The fourth-order valence-electron chi connectivity index (χ4n) is 2.54. The molecule has 0 bridgehead atoms. The van der Waals surface area contributed by atoms with Crippen LogP contribution in [-0.2, 0) is 12.6 Å². The summed E-state index contributed by atoms with van der Waals surface area (Å²) in [7, 11) is 0. The van der Waals surface area contributed by atoms with E-state index in [9.17, 15) is 27.5 Å². The fourth-order valence-corrected chi connectivity index (χ4v) is 2.54. The standard InChI is InChI=1S/C18H17F4NO2/c1-9(2)6-12-8-14(11-5-4-10(3)13(19)7-11)23-16(18(20,21)22)15(12)17(24)25/h4-5,7-9H,6H2,1-3H3,(H,24,25). The number of aromatic nitrogens is 1. The third-order valence-electron chi connectivity index (χ3n) is 3.68. The molecule has 0 atom stereocenters. The summed E-state index contributed by atoms with van der Waals surface area (Å²) in [6, 6.07) is 5.29. The van der Waals surface area contributed by atoms with Crippen molar-refractivity contribution in [2.45, 2.75) is 33.4 Å². The number of halogens is 4. The lowest BCUT2D eigenvalue weighted by molar-refractivity contribution is -0.141. The highest BCUT2D eigenvalue weighted by molar-refractivity contribution is 5.91. The van der Waals surface area contributed by atoms with Crippen LogP contribution in [0, 0.1) is 18.7 Å². The summed E-state index contributed by atoms with van der Waals surface area (Å²) >= 11 is 0. The van der Waals surface area contributed by atoms with E-state index < -0.39 is 29.2 Å². The molecule has 1 aromatic carbocycles. The van der Waals surface area contributed by atoms with Crippen molar-refractivity contribution >= 4 is 5.97 Å². The predicted octanol–water partition coefficient (Wildman–Crippen LogP) is 5.11. The maximum Gasteiger partial charge on any atom is 0.434 e. The van der Waals surface area contributed by atoms with Gasteiger partial charge in [0.2, 0.25) is 0 Å². The highest BCUT2D eigenvalue weighted by Crippen LogP contribution is 2.35. The molecule has 0 aliphatic heterocycles. The van der Waals surface area contributed by atoms with Crippen LogP contribution in [0.25, 0.3) is 11.3 Å². The van der Waals surface area contributed by atoms with Crippen LogP contribution in [0.4, 0.5) is 17.6 Å². The number of aryl methyl sites for hydroxylation is 1. The lowest BCUT2D eigenvalue weighted by Crippen LogP contribution is -2.19. The Morgan fingerprint density at radius 1 is 1.24 bits per heavy atom. The molecule has 3 nitrogen and oxygen atoms in total. The summed E-state index contributed by atoms with van der Waals surface area (Å²) in [5.74, 6) is -2.32. The maximum atomic E-state index is 13.8. The number of hydrogen-bond acceptors (Lipinski definition) is 2. The van der Waals surface area contributed by atoms with E-state index in [4.69, 9.17) is 0 Å². The van der Waals surface area contributed by atoms with Crippen molar-refractivity contribution in [2.24, 2.45) is 5.92 Å². The molecule has 0 aliphatic rings.